The van der Waals surface area contributed by atoms with Crippen LogP contribution in [0.25, 0.3) is 10.9 Å². The number of para-hydroxylation sites is 2. The Morgan fingerprint density at radius 3 is 2.36 bits per heavy atom. The fourth-order valence-electron chi connectivity index (χ4n) is 4.76. The Bertz CT molecular complexity index is 1140. The summed E-state index contributed by atoms with van der Waals surface area (Å²) in [7, 11) is 1.72. The van der Waals surface area contributed by atoms with Gasteiger partial charge in [-0.2, -0.15) is 0 Å². The molecule has 3 aromatic rings. The number of fused-ring (bicyclic) bond motifs is 1. The second kappa shape index (κ2) is 9.04. The van der Waals surface area contributed by atoms with Crippen LogP contribution in [0.4, 0.5) is 21.6 Å². The molecule has 0 spiro atoms. The third kappa shape index (κ3) is 4.16. The predicted molar refractivity (Wildman–Crippen MR) is 132 cm³/mol. The molecule has 0 unspecified atom stereocenters. The average molecular weight is 450 g/mol. The van der Waals surface area contributed by atoms with E-state index in [0.717, 1.165) is 80.6 Å². The van der Waals surface area contributed by atoms with Crippen LogP contribution in [0.1, 0.15) is 38.4 Å². The van der Waals surface area contributed by atoms with E-state index in [1.54, 1.807) is 13.2 Å². The SMILES string of the molecule is CCN(CC)c1cc2c(N3CCN(c4ccccc4OC)CC3)nc(C3CC3)nc2cc1F. The largest absolute Gasteiger partial charge is 0.495 e. The van der Waals surface area contributed by atoms with Crippen molar-refractivity contribution in [2.45, 2.75) is 32.6 Å². The van der Waals surface area contributed by atoms with E-state index in [1.165, 1.54) is 0 Å². The number of halogens is 1. The summed E-state index contributed by atoms with van der Waals surface area (Å²) in [4.78, 5) is 16.5. The molecule has 1 aromatic heterocycles. The summed E-state index contributed by atoms with van der Waals surface area (Å²) in [6.07, 6.45) is 2.24. The maximum atomic E-state index is 15.0. The van der Waals surface area contributed by atoms with Crippen molar-refractivity contribution < 1.29 is 9.13 Å². The van der Waals surface area contributed by atoms with Gasteiger partial charge in [-0.25, -0.2) is 14.4 Å². The number of anilines is 3. The summed E-state index contributed by atoms with van der Waals surface area (Å²) in [5, 5.41) is 0.938. The third-order valence-electron chi connectivity index (χ3n) is 6.81. The van der Waals surface area contributed by atoms with Gasteiger partial charge in [0, 0.05) is 56.6 Å². The lowest BCUT2D eigenvalue weighted by Gasteiger charge is -2.37. The van der Waals surface area contributed by atoms with Gasteiger partial charge in [-0.15, -0.1) is 0 Å². The summed E-state index contributed by atoms with van der Waals surface area (Å²) in [5.41, 5.74) is 2.46. The monoisotopic (exact) mass is 449 g/mol. The topological polar surface area (TPSA) is 44.7 Å². The van der Waals surface area contributed by atoms with Crippen molar-refractivity contribution in [3.63, 3.8) is 0 Å². The van der Waals surface area contributed by atoms with E-state index in [9.17, 15) is 0 Å². The fraction of sp³-hybridized carbons (Fsp3) is 0.462. The van der Waals surface area contributed by atoms with E-state index in [4.69, 9.17) is 14.7 Å². The molecule has 2 fully saturated rings. The Labute approximate surface area is 195 Å². The first kappa shape index (κ1) is 21.7. The first-order valence-electron chi connectivity index (χ1n) is 12.0. The Balaban J connectivity index is 1.49. The van der Waals surface area contributed by atoms with Gasteiger partial charge in [0.25, 0.3) is 0 Å². The van der Waals surface area contributed by atoms with Crippen LogP contribution in [0.15, 0.2) is 36.4 Å². The Morgan fingerprint density at radius 2 is 1.70 bits per heavy atom. The zero-order valence-corrected chi connectivity index (χ0v) is 19.7. The number of nitrogens with zero attached hydrogens (tertiary/aromatic N) is 5. The molecule has 33 heavy (non-hydrogen) atoms. The molecule has 174 valence electrons. The molecule has 1 saturated carbocycles. The number of methoxy groups -OCH3 is 1. The van der Waals surface area contributed by atoms with E-state index in [-0.39, 0.29) is 5.82 Å². The highest BCUT2D eigenvalue weighted by Crippen LogP contribution is 2.41. The molecule has 1 aliphatic carbocycles. The molecular formula is C26H32FN5O. The minimum Gasteiger partial charge on any atom is -0.495 e. The second-order valence-corrected chi connectivity index (χ2v) is 8.82. The quantitative estimate of drug-likeness (QED) is 0.515. The van der Waals surface area contributed by atoms with Crippen LogP contribution < -0.4 is 19.4 Å². The molecule has 0 radical (unpaired) electrons. The van der Waals surface area contributed by atoms with Crippen molar-refractivity contribution in [3.05, 3.63) is 48.0 Å². The van der Waals surface area contributed by atoms with Crippen LogP contribution in [0.3, 0.4) is 0 Å². The molecule has 7 heteroatoms. The highest BCUT2D eigenvalue weighted by atomic mass is 19.1. The summed E-state index contributed by atoms with van der Waals surface area (Å²) in [6.45, 7) is 9.04. The first-order valence-corrected chi connectivity index (χ1v) is 12.0. The van der Waals surface area contributed by atoms with E-state index in [1.807, 2.05) is 29.2 Å². The highest BCUT2D eigenvalue weighted by Gasteiger charge is 2.30. The van der Waals surface area contributed by atoms with Crippen LogP contribution in [-0.2, 0) is 0 Å². The number of benzene rings is 2. The van der Waals surface area contributed by atoms with Crippen molar-refractivity contribution >= 4 is 28.1 Å². The fourth-order valence-corrected chi connectivity index (χ4v) is 4.76. The minimum absolute atomic E-state index is 0.210. The molecular weight excluding hydrogens is 417 g/mol. The Hall–Kier alpha value is -3.09. The Morgan fingerprint density at radius 1 is 1.00 bits per heavy atom. The van der Waals surface area contributed by atoms with E-state index in [2.05, 4.69) is 29.7 Å². The van der Waals surface area contributed by atoms with Gasteiger partial charge in [-0.1, -0.05) is 12.1 Å². The maximum absolute atomic E-state index is 15.0. The molecule has 0 N–H and O–H groups in total. The lowest BCUT2D eigenvalue weighted by atomic mass is 10.1. The number of piperazine rings is 1. The van der Waals surface area contributed by atoms with Crippen LogP contribution >= 0.6 is 0 Å². The molecule has 5 rings (SSSR count). The van der Waals surface area contributed by atoms with Crippen molar-refractivity contribution in [1.29, 1.82) is 0 Å². The lowest BCUT2D eigenvalue weighted by Crippen LogP contribution is -2.47. The van der Waals surface area contributed by atoms with E-state index >= 15 is 4.39 Å². The van der Waals surface area contributed by atoms with Gasteiger partial charge < -0.3 is 19.4 Å². The van der Waals surface area contributed by atoms with Crippen LogP contribution in [0.5, 0.6) is 5.75 Å². The number of ether oxygens (including phenoxy) is 1. The van der Waals surface area contributed by atoms with Crippen molar-refractivity contribution in [1.82, 2.24) is 9.97 Å². The van der Waals surface area contributed by atoms with Crippen molar-refractivity contribution in [2.75, 3.05) is 61.1 Å². The molecule has 2 aromatic carbocycles. The normalized spacial score (nSPS) is 16.4. The van der Waals surface area contributed by atoms with Crippen LogP contribution in [-0.4, -0.2) is 56.3 Å². The van der Waals surface area contributed by atoms with Gasteiger partial charge >= 0.3 is 0 Å². The van der Waals surface area contributed by atoms with E-state index < -0.39 is 0 Å². The van der Waals surface area contributed by atoms with Crippen LogP contribution in [0.2, 0.25) is 0 Å². The molecule has 2 heterocycles. The highest BCUT2D eigenvalue weighted by molar-refractivity contribution is 5.92. The molecule has 0 atom stereocenters. The number of hydrogen-bond acceptors (Lipinski definition) is 6. The summed E-state index contributed by atoms with van der Waals surface area (Å²) in [6, 6.07) is 11.7. The van der Waals surface area contributed by atoms with Gasteiger partial charge in [-0.3, -0.25) is 0 Å². The molecule has 2 aliphatic rings. The number of hydrogen-bond donors (Lipinski definition) is 0. The molecule has 1 aliphatic heterocycles. The zero-order valence-electron chi connectivity index (χ0n) is 19.7. The molecule has 0 amide bonds. The van der Waals surface area contributed by atoms with Gasteiger partial charge in [-0.05, 0) is 44.9 Å². The predicted octanol–water partition coefficient (Wildman–Crippen LogP) is 4.83. The van der Waals surface area contributed by atoms with Crippen molar-refractivity contribution in [2.24, 2.45) is 0 Å². The van der Waals surface area contributed by atoms with Gasteiger partial charge in [0.1, 0.15) is 23.2 Å². The van der Waals surface area contributed by atoms with Crippen LogP contribution in [0, 0.1) is 5.82 Å². The first-order chi connectivity index (χ1) is 16.1. The maximum Gasteiger partial charge on any atom is 0.148 e. The molecule has 0 bridgehead atoms. The van der Waals surface area contributed by atoms with Crippen molar-refractivity contribution in [3.8, 4) is 5.75 Å². The average Bonchev–Trinajstić information content (AvgIpc) is 3.70. The number of rotatable bonds is 7. The smallest absolute Gasteiger partial charge is 0.148 e. The Kier molecular flexibility index (Phi) is 5.96. The molecule has 6 nitrogen and oxygen atoms in total. The second-order valence-electron chi connectivity index (χ2n) is 8.82. The van der Waals surface area contributed by atoms with Gasteiger partial charge in [0.05, 0.1) is 24.0 Å². The third-order valence-corrected chi connectivity index (χ3v) is 6.81. The van der Waals surface area contributed by atoms with Gasteiger partial charge in [0.2, 0.25) is 0 Å². The summed E-state index contributed by atoms with van der Waals surface area (Å²) >= 11 is 0. The van der Waals surface area contributed by atoms with E-state index in [0.29, 0.717) is 17.1 Å². The lowest BCUT2D eigenvalue weighted by molar-refractivity contribution is 0.413. The standard InChI is InChI=1S/C26H32FN5O/c1-4-30(5-2)23-16-19-21(17-20(23)27)28-25(18-10-11-18)29-26(19)32-14-12-31(13-15-32)22-8-6-7-9-24(22)33-3/h6-9,16-18H,4-5,10-15H2,1-3H3. The number of aromatic nitrogens is 2. The molecule has 1 saturated heterocycles. The zero-order chi connectivity index (χ0) is 22.9. The summed E-state index contributed by atoms with van der Waals surface area (Å²) in [5.74, 6) is 2.90. The van der Waals surface area contributed by atoms with Gasteiger partial charge in [0.15, 0.2) is 0 Å². The summed E-state index contributed by atoms with van der Waals surface area (Å²) < 4.78 is 20.6. The minimum atomic E-state index is -0.210.